The van der Waals surface area contributed by atoms with Crippen LogP contribution < -0.4 is 4.90 Å². The molecule has 1 aromatic rings. The van der Waals surface area contributed by atoms with Crippen LogP contribution in [0.4, 0.5) is 10.6 Å². The van der Waals surface area contributed by atoms with Gasteiger partial charge < -0.3 is 14.5 Å². The van der Waals surface area contributed by atoms with E-state index in [1.807, 2.05) is 11.0 Å². The minimum Gasteiger partial charge on any atom is -0.444 e. The Balaban J connectivity index is 1.48. The molecule has 25 heavy (non-hydrogen) atoms. The quantitative estimate of drug-likeness (QED) is 0.832. The summed E-state index contributed by atoms with van der Waals surface area (Å²) in [7, 11) is 0. The highest BCUT2D eigenvalue weighted by Crippen LogP contribution is 2.21. The van der Waals surface area contributed by atoms with Crippen molar-refractivity contribution in [3.05, 3.63) is 23.9 Å². The van der Waals surface area contributed by atoms with Gasteiger partial charge in [-0.1, -0.05) is 0 Å². The molecule has 2 aliphatic heterocycles. The predicted molar refractivity (Wildman–Crippen MR) is 94.3 cm³/mol. The number of piperazine rings is 1. The lowest BCUT2D eigenvalue weighted by Crippen LogP contribution is -2.51. The molecule has 0 aromatic carbocycles. The number of ether oxygens (including phenoxy) is 1. The molecule has 3 rings (SSSR count). The molecule has 1 aromatic heterocycles. The number of nitrogens with zero attached hydrogens (tertiary/aromatic N) is 5. The van der Waals surface area contributed by atoms with E-state index in [2.05, 4.69) is 34.7 Å². The van der Waals surface area contributed by atoms with Crippen LogP contribution in [0.5, 0.6) is 0 Å². The molecule has 7 nitrogen and oxygen atoms in total. The molecule has 1 atom stereocenters. The van der Waals surface area contributed by atoms with Crippen molar-refractivity contribution in [1.29, 1.82) is 5.26 Å². The van der Waals surface area contributed by atoms with Crippen molar-refractivity contribution in [3.63, 3.8) is 0 Å². The molecule has 3 heterocycles. The fraction of sp³-hybridized carbons (Fsp3) is 0.611. The normalized spacial score (nSPS) is 21.4. The Bertz CT molecular complexity index is 632. The van der Waals surface area contributed by atoms with Crippen molar-refractivity contribution in [2.24, 2.45) is 0 Å². The van der Waals surface area contributed by atoms with Gasteiger partial charge in [0.2, 0.25) is 0 Å². The van der Waals surface area contributed by atoms with Gasteiger partial charge in [0.25, 0.3) is 0 Å². The average molecular weight is 343 g/mol. The summed E-state index contributed by atoms with van der Waals surface area (Å²) in [6.07, 6.45) is 2.07. The second-order valence-electron chi connectivity index (χ2n) is 6.87. The minimum absolute atomic E-state index is 0.104. The van der Waals surface area contributed by atoms with Gasteiger partial charge in [-0.25, -0.2) is 9.78 Å². The van der Waals surface area contributed by atoms with E-state index in [4.69, 9.17) is 10.00 Å². The standard InChI is InChI=1S/C18H25N5O2/c1-14(2)21-7-9-22(10-8-21)18(24)25-16-5-6-23(13-16)17-4-3-15(11-19)12-20-17/h3-4,12,14,16H,5-10,13H2,1-2H3. The summed E-state index contributed by atoms with van der Waals surface area (Å²) < 4.78 is 5.69. The number of rotatable bonds is 3. The van der Waals surface area contributed by atoms with Crippen LogP contribution in [0.15, 0.2) is 18.3 Å². The molecule has 0 aliphatic carbocycles. The molecule has 0 spiro atoms. The van der Waals surface area contributed by atoms with Gasteiger partial charge in [-0.2, -0.15) is 5.26 Å². The number of anilines is 1. The third-order valence-electron chi connectivity index (χ3n) is 4.92. The molecule has 7 heteroatoms. The second-order valence-corrected chi connectivity index (χ2v) is 6.87. The fourth-order valence-corrected chi connectivity index (χ4v) is 3.31. The lowest BCUT2D eigenvalue weighted by molar-refractivity contribution is 0.0474. The third-order valence-corrected chi connectivity index (χ3v) is 4.92. The molecule has 0 bridgehead atoms. The van der Waals surface area contributed by atoms with E-state index >= 15 is 0 Å². The molecule has 2 aliphatic rings. The number of hydrogen-bond acceptors (Lipinski definition) is 6. The monoisotopic (exact) mass is 343 g/mol. The maximum absolute atomic E-state index is 12.4. The van der Waals surface area contributed by atoms with Gasteiger partial charge in [-0.3, -0.25) is 4.90 Å². The number of pyridine rings is 1. The lowest BCUT2D eigenvalue weighted by atomic mass is 10.2. The summed E-state index contributed by atoms with van der Waals surface area (Å²) in [6.45, 7) is 9.07. The molecule has 1 unspecified atom stereocenters. The molecule has 2 saturated heterocycles. The van der Waals surface area contributed by atoms with Crippen LogP contribution in [-0.4, -0.2) is 72.3 Å². The van der Waals surface area contributed by atoms with Crippen molar-refractivity contribution in [3.8, 4) is 6.07 Å². The van der Waals surface area contributed by atoms with Gasteiger partial charge in [0.05, 0.1) is 12.1 Å². The summed E-state index contributed by atoms with van der Waals surface area (Å²) in [5.74, 6) is 0.822. The van der Waals surface area contributed by atoms with Crippen LogP contribution in [0.2, 0.25) is 0 Å². The smallest absolute Gasteiger partial charge is 0.410 e. The summed E-state index contributed by atoms with van der Waals surface area (Å²) in [5.41, 5.74) is 0.548. The number of nitriles is 1. The van der Waals surface area contributed by atoms with E-state index < -0.39 is 0 Å². The largest absolute Gasteiger partial charge is 0.444 e. The second kappa shape index (κ2) is 7.70. The Morgan fingerprint density at radius 2 is 2.04 bits per heavy atom. The number of hydrogen-bond donors (Lipinski definition) is 0. The van der Waals surface area contributed by atoms with Gasteiger partial charge in [0.1, 0.15) is 18.0 Å². The first-order valence-electron chi connectivity index (χ1n) is 8.87. The molecule has 0 saturated carbocycles. The van der Waals surface area contributed by atoms with E-state index in [0.717, 1.165) is 45.0 Å². The van der Waals surface area contributed by atoms with Gasteiger partial charge in [-0.15, -0.1) is 0 Å². The van der Waals surface area contributed by atoms with Crippen LogP contribution in [0.1, 0.15) is 25.8 Å². The van der Waals surface area contributed by atoms with Crippen LogP contribution in [-0.2, 0) is 4.74 Å². The molecular formula is C18H25N5O2. The van der Waals surface area contributed by atoms with Crippen LogP contribution >= 0.6 is 0 Å². The average Bonchev–Trinajstić information content (AvgIpc) is 3.10. The summed E-state index contributed by atoms with van der Waals surface area (Å²) in [5, 5.41) is 8.84. The lowest BCUT2D eigenvalue weighted by Gasteiger charge is -2.36. The van der Waals surface area contributed by atoms with Crippen LogP contribution in [0, 0.1) is 11.3 Å². The minimum atomic E-state index is -0.206. The zero-order valence-electron chi connectivity index (χ0n) is 14.9. The van der Waals surface area contributed by atoms with E-state index in [9.17, 15) is 4.79 Å². The molecule has 134 valence electrons. The first-order chi connectivity index (χ1) is 12.1. The first-order valence-corrected chi connectivity index (χ1v) is 8.87. The van der Waals surface area contributed by atoms with Crippen molar-refractivity contribution >= 4 is 11.9 Å². The van der Waals surface area contributed by atoms with Crippen LogP contribution in [0.3, 0.4) is 0 Å². The van der Waals surface area contributed by atoms with E-state index in [1.54, 1.807) is 12.3 Å². The maximum Gasteiger partial charge on any atom is 0.410 e. The van der Waals surface area contributed by atoms with Gasteiger partial charge in [0, 0.05) is 51.4 Å². The molecule has 2 fully saturated rings. The van der Waals surface area contributed by atoms with Crippen molar-refractivity contribution in [1.82, 2.24) is 14.8 Å². The van der Waals surface area contributed by atoms with E-state index in [0.29, 0.717) is 18.2 Å². The van der Waals surface area contributed by atoms with E-state index in [-0.39, 0.29) is 12.2 Å². The van der Waals surface area contributed by atoms with Crippen LogP contribution in [0.25, 0.3) is 0 Å². The Morgan fingerprint density at radius 3 is 2.64 bits per heavy atom. The summed E-state index contributed by atoms with van der Waals surface area (Å²) in [6, 6.07) is 6.18. The number of amides is 1. The SMILES string of the molecule is CC(C)N1CCN(C(=O)OC2CCN(c3ccc(C#N)cn3)C2)CC1. The highest BCUT2D eigenvalue weighted by atomic mass is 16.6. The highest BCUT2D eigenvalue weighted by Gasteiger charge is 2.30. The third kappa shape index (κ3) is 4.20. The highest BCUT2D eigenvalue weighted by molar-refractivity contribution is 5.68. The zero-order valence-corrected chi connectivity index (χ0v) is 14.9. The zero-order chi connectivity index (χ0) is 17.8. The Labute approximate surface area is 148 Å². The number of aromatic nitrogens is 1. The summed E-state index contributed by atoms with van der Waals surface area (Å²) in [4.78, 5) is 23.0. The number of carbonyl (C=O) groups excluding carboxylic acids is 1. The van der Waals surface area contributed by atoms with Gasteiger partial charge in [-0.05, 0) is 26.0 Å². The topological polar surface area (TPSA) is 72.7 Å². The Hall–Kier alpha value is -2.33. The number of carbonyl (C=O) groups is 1. The molecule has 0 radical (unpaired) electrons. The molecule has 0 N–H and O–H groups in total. The molecular weight excluding hydrogens is 318 g/mol. The van der Waals surface area contributed by atoms with E-state index in [1.165, 1.54) is 0 Å². The van der Waals surface area contributed by atoms with Gasteiger partial charge in [0.15, 0.2) is 0 Å². The molecule has 1 amide bonds. The first kappa shape index (κ1) is 17.5. The summed E-state index contributed by atoms with van der Waals surface area (Å²) >= 11 is 0. The van der Waals surface area contributed by atoms with Crippen molar-refractivity contribution in [2.45, 2.75) is 32.4 Å². The maximum atomic E-state index is 12.4. The van der Waals surface area contributed by atoms with Crippen molar-refractivity contribution < 1.29 is 9.53 Å². The van der Waals surface area contributed by atoms with Gasteiger partial charge >= 0.3 is 6.09 Å². The van der Waals surface area contributed by atoms with Crippen molar-refractivity contribution in [2.75, 3.05) is 44.2 Å². The fourth-order valence-electron chi connectivity index (χ4n) is 3.31. The Morgan fingerprint density at radius 1 is 1.28 bits per heavy atom. The predicted octanol–water partition coefficient (Wildman–Crippen LogP) is 1.69. The Kier molecular flexibility index (Phi) is 5.39.